The van der Waals surface area contributed by atoms with Crippen LogP contribution in [0.4, 0.5) is 4.39 Å². The molecule has 0 aliphatic carbocycles. The average molecular weight is 371 g/mol. The van der Waals surface area contributed by atoms with Gasteiger partial charge in [-0.05, 0) is 68.0 Å². The van der Waals surface area contributed by atoms with Gasteiger partial charge in [-0.3, -0.25) is 0 Å². The summed E-state index contributed by atoms with van der Waals surface area (Å²) in [5.74, 6) is 0.729. The number of fused-ring (bicyclic) bond motifs is 1. The summed E-state index contributed by atoms with van der Waals surface area (Å²) >= 11 is 0. The van der Waals surface area contributed by atoms with Crippen LogP contribution in [0, 0.1) is 5.82 Å². The maximum Gasteiger partial charge on any atom is 0.124 e. The van der Waals surface area contributed by atoms with E-state index in [2.05, 4.69) is 30.4 Å². The van der Waals surface area contributed by atoms with Gasteiger partial charge in [-0.1, -0.05) is 31.2 Å². The first-order valence-corrected chi connectivity index (χ1v) is 10.1. The Labute approximate surface area is 161 Å². The molecule has 1 N–H and O–H groups in total. The van der Waals surface area contributed by atoms with Crippen LogP contribution in [0.1, 0.15) is 50.6 Å². The van der Waals surface area contributed by atoms with Crippen molar-refractivity contribution in [1.82, 2.24) is 5.32 Å². The molecule has 1 unspecified atom stereocenters. The smallest absolute Gasteiger partial charge is 0.124 e. The first-order chi connectivity index (χ1) is 13.3. The number of ether oxygens (including phenoxy) is 2. The summed E-state index contributed by atoms with van der Waals surface area (Å²) in [6.45, 7) is 5.56. The standard InChI is InChI=1S/C23H30FNO2/c1-2-14-26-15-4-3-13-25-22-6-5-16-27-23-17-19(9-12-21(22)23)18-7-10-20(24)11-8-18/h7-12,17,22,25H,2-6,13-16H2,1H3. The van der Waals surface area contributed by atoms with E-state index in [1.54, 1.807) is 0 Å². The number of rotatable bonds is 9. The van der Waals surface area contributed by atoms with Crippen LogP contribution >= 0.6 is 0 Å². The summed E-state index contributed by atoms with van der Waals surface area (Å²) < 4.78 is 24.7. The zero-order chi connectivity index (χ0) is 18.9. The van der Waals surface area contributed by atoms with Crippen LogP contribution in [-0.4, -0.2) is 26.4 Å². The van der Waals surface area contributed by atoms with Crippen LogP contribution in [0.3, 0.4) is 0 Å². The predicted octanol–water partition coefficient (Wildman–Crippen LogP) is 5.50. The fraction of sp³-hybridized carbons (Fsp3) is 0.478. The van der Waals surface area contributed by atoms with Crippen LogP contribution in [0.2, 0.25) is 0 Å². The molecule has 1 aliphatic rings. The summed E-state index contributed by atoms with van der Waals surface area (Å²) in [5, 5.41) is 3.69. The van der Waals surface area contributed by atoms with Gasteiger partial charge < -0.3 is 14.8 Å². The molecule has 146 valence electrons. The second-order valence-electron chi connectivity index (χ2n) is 7.08. The van der Waals surface area contributed by atoms with E-state index >= 15 is 0 Å². The minimum absolute atomic E-state index is 0.214. The van der Waals surface area contributed by atoms with Crippen molar-refractivity contribution in [2.24, 2.45) is 0 Å². The van der Waals surface area contributed by atoms with Crippen molar-refractivity contribution in [2.45, 2.75) is 45.1 Å². The molecule has 0 bridgehead atoms. The molecule has 1 aliphatic heterocycles. The molecule has 0 saturated carbocycles. The van der Waals surface area contributed by atoms with Gasteiger partial charge in [0.2, 0.25) is 0 Å². The third kappa shape index (κ3) is 5.78. The molecule has 0 saturated heterocycles. The zero-order valence-corrected chi connectivity index (χ0v) is 16.2. The lowest BCUT2D eigenvalue weighted by Gasteiger charge is -2.19. The number of hydrogen-bond acceptors (Lipinski definition) is 3. The molecular formula is C23H30FNO2. The van der Waals surface area contributed by atoms with Crippen molar-refractivity contribution >= 4 is 0 Å². The number of hydrogen-bond donors (Lipinski definition) is 1. The quantitative estimate of drug-likeness (QED) is 0.590. The van der Waals surface area contributed by atoms with Crippen molar-refractivity contribution in [2.75, 3.05) is 26.4 Å². The van der Waals surface area contributed by atoms with Crippen LogP contribution in [0.25, 0.3) is 11.1 Å². The van der Waals surface area contributed by atoms with Gasteiger partial charge in [-0.2, -0.15) is 0 Å². The van der Waals surface area contributed by atoms with Gasteiger partial charge in [-0.15, -0.1) is 0 Å². The highest BCUT2D eigenvalue weighted by Crippen LogP contribution is 2.35. The summed E-state index contributed by atoms with van der Waals surface area (Å²) in [5.41, 5.74) is 3.28. The fourth-order valence-electron chi connectivity index (χ4n) is 3.46. The Kier molecular flexibility index (Phi) is 7.66. The lowest BCUT2D eigenvalue weighted by Crippen LogP contribution is -2.22. The molecule has 0 amide bonds. The van der Waals surface area contributed by atoms with E-state index in [9.17, 15) is 4.39 Å². The van der Waals surface area contributed by atoms with E-state index in [1.165, 1.54) is 17.7 Å². The molecule has 1 atom stereocenters. The summed E-state index contributed by atoms with van der Waals surface area (Å²) in [7, 11) is 0. The van der Waals surface area contributed by atoms with E-state index in [0.29, 0.717) is 6.04 Å². The molecule has 4 heteroatoms. The second-order valence-corrected chi connectivity index (χ2v) is 7.08. The Morgan fingerprint density at radius 1 is 1.07 bits per heavy atom. The maximum atomic E-state index is 13.2. The molecule has 2 aromatic rings. The third-order valence-corrected chi connectivity index (χ3v) is 4.92. The highest BCUT2D eigenvalue weighted by molar-refractivity contribution is 5.66. The molecule has 0 aromatic heterocycles. The molecule has 3 rings (SSSR count). The van der Waals surface area contributed by atoms with Gasteiger partial charge in [-0.25, -0.2) is 4.39 Å². The van der Waals surface area contributed by atoms with Gasteiger partial charge in [0.15, 0.2) is 0 Å². The van der Waals surface area contributed by atoms with Crippen LogP contribution in [0.5, 0.6) is 5.75 Å². The number of unbranched alkanes of at least 4 members (excludes halogenated alkanes) is 1. The Hall–Kier alpha value is -1.91. The highest BCUT2D eigenvalue weighted by Gasteiger charge is 2.19. The normalized spacial score (nSPS) is 16.4. The molecular weight excluding hydrogens is 341 g/mol. The SMILES string of the molecule is CCCOCCCCNC1CCCOc2cc(-c3ccc(F)cc3)ccc21. The Balaban J connectivity index is 1.61. The summed E-state index contributed by atoms with van der Waals surface area (Å²) in [6, 6.07) is 13.3. The van der Waals surface area contributed by atoms with Gasteiger partial charge in [0, 0.05) is 24.8 Å². The number of halogens is 1. The van der Waals surface area contributed by atoms with Gasteiger partial charge in [0.1, 0.15) is 11.6 Å². The van der Waals surface area contributed by atoms with E-state index in [0.717, 1.165) is 75.3 Å². The van der Waals surface area contributed by atoms with Crippen molar-refractivity contribution in [3.05, 3.63) is 53.8 Å². The van der Waals surface area contributed by atoms with Crippen molar-refractivity contribution in [1.29, 1.82) is 0 Å². The molecule has 2 aromatic carbocycles. The minimum atomic E-state index is -0.214. The lowest BCUT2D eigenvalue weighted by molar-refractivity contribution is 0.131. The van der Waals surface area contributed by atoms with Crippen molar-refractivity contribution < 1.29 is 13.9 Å². The zero-order valence-electron chi connectivity index (χ0n) is 16.2. The fourth-order valence-corrected chi connectivity index (χ4v) is 3.46. The van der Waals surface area contributed by atoms with Crippen LogP contribution < -0.4 is 10.1 Å². The topological polar surface area (TPSA) is 30.5 Å². The predicted molar refractivity (Wildman–Crippen MR) is 108 cm³/mol. The molecule has 0 fully saturated rings. The molecule has 27 heavy (non-hydrogen) atoms. The van der Waals surface area contributed by atoms with E-state index in [4.69, 9.17) is 9.47 Å². The maximum absolute atomic E-state index is 13.2. The van der Waals surface area contributed by atoms with Crippen LogP contribution in [-0.2, 0) is 4.74 Å². The first kappa shape index (κ1) is 19.8. The van der Waals surface area contributed by atoms with Gasteiger partial charge in [0.25, 0.3) is 0 Å². The van der Waals surface area contributed by atoms with E-state index < -0.39 is 0 Å². The molecule has 3 nitrogen and oxygen atoms in total. The number of benzene rings is 2. The molecule has 1 heterocycles. The Bertz CT molecular complexity index is 702. The summed E-state index contributed by atoms with van der Waals surface area (Å²) in [4.78, 5) is 0. The minimum Gasteiger partial charge on any atom is -0.493 e. The summed E-state index contributed by atoms with van der Waals surface area (Å²) in [6.07, 6.45) is 5.40. The van der Waals surface area contributed by atoms with Crippen LogP contribution in [0.15, 0.2) is 42.5 Å². The van der Waals surface area contributed by atoms with Gasteiger partial charge in [0.05, 0.1) is 6.61 Å². The second kappa shape index (κ2) is 10.4. The van der Waals surface area contributed by atoms with E-state index in [1.807, 2.05) is 12.1 Å². The van der Waals surface area contributed by atoms with E-state index in [-0.39, 0.29) is 5.82 Å². The lowest BCUT2D eigenvalue weighted by atomic mass is 9.97. The Morgan fingerprint density at radius 3 is 2.70 bits per heavy atom. The van der Waals surface area contributed by atoms with Gasteiger partial charge >= 0.3 is 0 Å². The largest absolute Gasteiger partial charge is 0.493 e. The Morgan fingerprint density at radius 2 is 1.89 bits per heavy atom. The van der Waals surface area contributed by atoms with Crippen molar-refractivity contribution in [3.8, 4) is 16.9 Å². The first-order valence-electron chi connectivity index (χ1n) is 10.1. The average Bonchev–Trinajstić information content (AvgIpc) is 2.89. The number of nitrogens with one attached hydrogen (secondary N) is 1. The van der Waals surface area contributed by atoms with Crippen molar-refractivity contribution in [3.63, 3.8) is 0 Å². The monoisotopic (exact) mass is 371 g/mol. The molecule has 0 radical (unpaired) electrons. The molecule has 0 spiro atoms. The highest BCUT2D eigenvalue weighted by atomic mass is 19.1. The third-order valence-electron chi connectivity index (χ3n) is 4.92.